The maximum Gasteiger partial charge on any atom is 0.416 e. The van der Waals surface area contributed by atoms with Gasteiger partial charge in [0.05, 0.1) is 15.2 Å². The van der Waals surface area contributed by atoms with Crippen LogP contribution in [0.5, 0.6) is 0 Å². The van der Waals surface area contributed by atoms with E-state index in [0.29, 0.717) is 12.1 Å². The van der Waals surface area contributed by atoms with Crippen LogP contribution in [0.4, 0.5) is 18.9 Å². The number of nitrogen functional groups attached to an aromatic ring is 1. The second kappa shape index (κ2) is 4.15. The number of rotatable bonds is 1. The minimum absolute atomic E-state index is 0.229. The predicted octanol–water partition coefficient (Wildman–Crippen LogP) is 2.86. The molecular weight excluding hydrogens is 267 g/mol. The van der Waals surface area contributed by atoms with E-state index in [-0.39, 0.29) is 5.69 Å². The van der Waals surface area contributed by atoms with Gasteiger partial charge in [-0.1, -0.05) is 0 Å². The number of hydrogen-bond donors (Lipinski definition) is 1. The lowest BCUT2D eigenvalue weighted by molar-refractivity contribution is -0.137. The maximum absolute atomic E-state index is 12.6. The molecule has 3 nitrogen and oxygen atoms in total. The van der Waals surface area contributed by atoms with Gasteiger partial charge in [-0.3, -0.25) is 0 Å². The van der Waals surface area contributed by atoms with Crippen LogP contribution in [0, 0.1) is 0 Å². The molecule has 1 aromatic rings. The Morgan fingerprint density at radius 1 is 1.06 bits per heavy atom. The summed E-state index contributed by atoms with van der Waals surface area (Å²) in [6.07, 6.45) is -4.63. The third-order valence-electron chi connectivity index (χ3n) is 2.37. The molecule has 0 aliphatic carbocycles. The summed E-state index contributed by atoms with van der Waals surface area (Å²) >= 11 is 0. The molecule has 0 fully saturated rings. The van der Waals surface area contributed by atoms with Crippen LogP contribution in [0.25, 0.3) is 0 Å². The van der Waals surface area contributed by atoms with Crippen LogP contribution in [-0.4, -0.2) is 13.2 Å². The standard InChI is InChI=1S/C11H14F3NO2S/c1-10(2,3)18(16,17)9-5-7(11(12,13)14)4-8(15)6-9/h4-6H,15H2,1-3H3. The average molecular weight is 281 g/mol. The second-order valence-electron chi connectivity index (χ2n) is 4.90. The fraction of sp³-hybridized carbons (Fsp3) is 0.455. The molecule has 0 aliphatic heterocycles. The topological polar surface area (TPSA) is 60.2 Å². The summed E-state index contributed by atoms with van der Waals surface area (Å²) < 4.78 is 60.7. The van der Waals surface area contributed by atoms with Crippen LogP contribution in [0.15, 0.2) is 23.1 Å². The highest BCUT2D eigenvalue weighted by Gasteiger charge is 2.35. The highest BCUT2D eigenvalue weighted by molar-refractivity contribution is 7.92. The Balaban J connectivity index is 3.51. The maximum atomic E-state index is 12.6. The van der Waals surface area contributed by atoms with Crippen molar-refractivity contribution in [3.05, 3.63) is 23.8 Å². The number of alkyl halides is 3. The van der Waals surface area contributed by atoms with Crippen LogP contribution in [0.2, 0.25) is 0 Å². The van der Waals surface area contributed by atoms with Crippen LogP contribution in [0.1, 0.15) is 26.3 Å². The van der Waals surface area contributed by atoms with Gasteiger partial charge in [-0.15, -0.1) is 0 Å². The van der Waals surface area contributed by atoms with Gasteiger partial charge in [0, 0.05) is 5.69 Å². The van der Waals surface area contributed by atoms with Crippen molar-refractivity contribution in [3.63, 3.8) is 0 Å². The Kier molecular flexibility index (Phi) is 3.42. The van der Waals surface area contributed by atoms with E-state index in [2.05, 4.69) is 0 Å². The Hall–Kier alpha value is -1.24. The van der Waals surface area contributed by atoms with Crippen molar-refractivity contribution < 1.29 is 21.6 Å². The molecule has 0 aromatic heterocycles. The van der Waals surface area contributed by atoms with E-state index in [1.807, 2.05) is 0 Å². The molecule has 102 valence electrons. The molecule has 2 N–H and O–H groups in total. The molecule has 1 aromatic carbocycles. The summed E-state index contributed by atoms with van der Waals surface area (Å²) in [6.45, 7) is 4.25. The third-order valence-corrected chi connectivity index (χ3v) is 4.84. The number of sulfone groups is 1. The summed E-state index contributed by atoms with van der Waals surface area (Å²) in [5, 5.41) is 0. The quantitative estimate of drug-likeness (QED) is 0.805. The molecule has 0 spiro atoms. The van der Waals surface area contributed by atoms with E-state index in [9.17, 15) is 21.6 Å². The highest BCUT2D eigenvalue weighted by atomic mass is 32.2. The van der Waals surface area contributed by atoms with Crippen molar-refractivity contribution in [3.8, 4) is 0 Å². The second-order valence-corrected chi connectivity index (χ2v) is 7.61. The first kappa shape index (κ1) is 14.8. The zero-order valence-electron chi connectivity index (χ0n) is 10.2. The zero-order valence-corrected chi connectivity index (χ0v) is 11.0. The van der Waals surface area contributed by atoms with Crippen molar-refractivity contribution in [2.45, 2.75) is 36.6 Å². The summed E-state index contributed by atoms with van der Waals surface area (Å²) in [7, 11) is -3.86. The monoisotopic (exact) mass is 281 g/mol. The largest absolute Gasteiger partial charge is 0.416 e. The first-order chi connectivity index (χ1) is 7.85. The van der Waals surface area contributed by atoms with E-state index in [4.69, 9.17) is 5.73 Å². The number of halogens is 3. The van der Waals surface area contributed by atoms with E-state index in [1.54, 1.807) is 0 Å². The first-order valence-corrected chi connectivity index (χ1v) is 6.56. The van der Waals surface area contributed by atoms with Gasteiger partial charge >= 0.3 is 6.18 Å². The molecule has 1 rings (SSSR count). The first-order valence-electron chi connectivity index (χ1n) is 5.08. The van der Waals surface area contributed by atoms with Crippen molar-refractivity contribution in [2.75, 3.05) is 5.73 Å². The Morgan fingerprint density at radius 3 is 1.94 bits per heavy atom. The lowest BCUT2D eigenvalue weighted by Gasteiger charge is -2.20. The Morgan fingerprint density at radius 2 is 1.56 bits per heavy atom. The smallest absolute Gasteiger partial charge is 0.399 e. The lowest BCUT2D eigenvalue weighted by atomic mass is 10.2. The predicted molar refractivity (Wildman–Crippen MR) is 62.8 cm³/mol. The van der Waals surface area contributed by atoms with Crippen LogP contribution < -0.4 is 5.73 Å². The molecule has 7 heteroatoms. The minimum Gasteiger partial charge on any atom is -0.399 e. The third kappa shape index (κ3) is 2.77. The Bertz CT molecular complexity index is 557. The van der Waals surface area contributed by atoms with Gasteiger partial charge < -0.3 is 5.73 Å². The van der Waals surface area contributed by atoms with Gasteiger partial charge in [-0.05, 0) is 39.0 Å². The fourth-order valence-electron chi connectivity index (χ4n) is 1.29. The molecule has 0 atom stereocenters. The molecule has 0 radical (unpaired) electrons. The van der Waals surface area contributed by atoms with Gasteiger partial charge in [-0.2, -0.15) is 13.2 Å². The Labute approximate surface area is 104 Å². The lowest BCUT2D eigenvalue weighted by Crippen LogP contribution is -2.28. The number of anilines is 1. The van der Waals surface area contributed by atoms with E-state index >= 15 is 0 Å². The summed E-state index contributed by atoms with van der Waals surface area (Å²) in [5.41, 5.74) is 4.04. The van der Waals surface area contributed by atoms with Crippen molar-refractivity contribution >= 4 is 15.5 Å². The van der Waals surface area contributed by atoms with E-state index < -0.39 is 31.2 Å². The van der Waals surface area contributed by atoms with Gasteiger partial charge in [0.1, 0.15) is 0 Å². The van der Waals surface area contributed by atoms with Crippen LogP contribution in [0.3, 0.4) is 0 Å². The normalized spacial score (nSPS) is 13.7. The molecule has 0 aliphatic rings. The van der Waals surface area contributed by atoms with Crippen molar-refractivity contribution in [1.82, 2.24) is 0 Å². The van der Waals surface area contributed by atoms with Gasteiger partial charge in [0.15, 0.2) is 9.84 Å². The highest BCUT2D eigenvalue weighted by Crippen LogP contribution is 2.34. The molecule has 0 bridgehead atoms. The summed E-state index contributed by atoms with van der Waals surface area (Å²) in [4.78, 5) is -0.415. The molecule has 0 amide bonds. The summed E-state index contributed by atoms with van der Waals surface area (Å²) in [5.74, 6) is 0. The molecule has 0 unspecified atom stereocenters. The van der Waals surface area contributed by atoms with Gasteiger partial charge in [0.25, 0.3) is 0 Å². The molecule has 0 saturated carbocycles. The number of nitrogens with two attached hydrogens (primary N) is 1. The number of benzene rings is 1. The van der Waals surface area contributed by atoms with Gasteiger partial charge in [0.2, 0.25) is 0 Å². The van der Waals surface area contributed by atoms with Crippen molar-refractivity contribution in [1.29, 1.82) is 0 Å². The average Bonchev–Trinajstić information content (AvgIpc) is 2.13. The molecule has 0 heterocycles. The van der Waals surface area contributed by atoms with Crippen LogP contribution >= 0.6 is 0 Å². The summed E-state index contributed by atoms with van der Waals surface area (Å²) in [6, 6.07) is 2.36. The molecule has 0 saturated heterocycles. The molecule has 18 heavy (non-hydrogen) atoms. The fourth-order valence-corrected chi connectivity index (χ4v) is 2.57. The zero-order chi connectivity index (χ0) is 14.4. The van der Waals surface area contributed by atoms with Crippen molar-refractivity contribution in [2.24, 2.45) is 0 Å². The van der Waals surface area contributed by atoms with E-state index in [1.165, 1.54) is 20.8 Å². The van der Waals surface area contributed by atoms with Crippen LogP contribution in [-0.2, 0) is 16.0 Å². The van der Waals surface area contributed by atoms with E-state index in [0.717, 1.165) is 6.07 Å². The molecular formula is C11H14F3NO2S. The minimum atomic E-state index is -4.63. The number of hydrogen-bond acceptors (Lipinski definition) is 3. The van der Waals surface area contributed by atoms with Gasteiger partial charge in [-0.25, -0.2) is 8.42 Å². The SMILES string of the molecule is CC(C)(C)S(=O)(=O)c1cc(N)cc(C(F)(F)F)c1.